The molecular weight excluding hydrogens is 324 g/mol. The number of benzene rings is 2. The van der Waals surface area contributed by atoms with Crippen LogP contribution in [0.25, 0.3) is 11.1 Å². The van der Waals surface area contributed by atoms with E-state index in [0.717, 1.165) is 16.7 Å². The number of carbonyl (C=O) groups excluding carboxylic acids is 1. The second-order valence-electron chi connectivity index (χ2n) is 5.31. The molecule has 0 aromatic heterocycles. The highest BCUT2D eigenvalue weighted by Gasteiger charge is 2.14. The van der Waals surface area contributed by atoms with Gasteiger partial charge in [-0.2, -0.15) is 0 Å². The number of halogens is 1. The van der Waals surface area contributed by atoms with Crippen molar-refractivity contribution in [3.8, 4) is 11.1 Å². The lowest BCUT2D eigenvalue weighted by atomic mass is 10.0. The van der Waals surface area contributed by atoms with Crippen molar-refractivity contribution in [1.29, 1.82) is 0 Å². The maximum absolute atomic E-state index is 12.4. The number of hydrogen-bond donors (Lipinski definition) is 2. The molecule has 1 heterocycles. The lowest BCUT2D eigenvalue weighted by molar-refractivity contribution is 0.229. The Bertz CT molecular complexity index is 799. The van der Waals surface area contributed by atoms with Gasteiger partial charge in [0, 0.05) is 29.5 Å². The van der Waals surface area contributed by atoms with Crippen molar-refractivity contribution in [3.05, 3.63) is 65.3 Å². The van der Waals surface area contributed by atoms with E-state index in [1.807, 2.05) is 30.3 Å². The molecule has 3 N–H and O–H groups in total. The minimum absolute atomic E-state index is 0.259. The summed E-state index contributed by atoms with van der Waals surface area (Å²) in [5, 5.41) is 3.46. The summed E-state index contributed by atoms with van der Waals surface area (Å²) in [6.07, 6.45) is 5.06. The van der Waals surface area contributed by atoms with Gasteiger partial charge in [0.1, 0.15) is 6.67 Å². The van der Waals surface area contributed by atoms with Crippen molar-refractivity contribution in [3.63, 3.8) is 0 Å². The first-order valence-corrected chi connectivity index (χ1v) is 7.88. The van der Waals surface area contributed by atoms with Crippen LogP contribution in [0.4, 0.5) is 10.5 Å². The summed E-state index contributed by atoms with van der Waals surface area (Å²) in [5.41, 5.74) is 9.21. The lowest BCUT2D eigenvalue weighted by Crippen LogP contribution is -2.32. The van der Waals surface area contributed by atoms with Gasteiger partial charge in [-0.3, -0.25) is 9.89 Å². The van der Waals surface area contributed by atoms with Crippen LogP contribution in [0.15, 0.2) is 59.7 Å². The zero-order valence-electron chi connectivity index (χ0n) is 12.9. The van der Waals surface area contributed by atoms with Crippen molar-refractivity contribution in [2.24, 2.45) is 10.7 Å². The number of allylic oxidation sites excluding steroid dienone is 1. The number of nitrogens with one attached hydrogen (secondary N) is 1. The number of nitrogens with two attached hydrogens (primary N) is 1. The van der Waals surface area contributed by atoms with Gasteiger partial charge in [-0.25, -0.2) is 4.79 Å². The van der Waals surface area contributed by atoms with Crippen LogP contribution >= 0.6 is 11.6 Å². The topological polar surface area (TPSA) is 70.7 Å². The zero-order valence-corrected chi connectivity index (χ0v) is 13.7. The molecule has 0 radical (unpaired) electrons. The summed E-state index contributed by atoms with van der Waals surface area (Å²) in [6, 6.07) is 13.1. The molecule has 122 valence electrons. The van der Waals surface area contributed by atoms with Crippen molar-refractivity contribution >= 4 is 29.5 Å². The number of hydrogen-bond acceptors (Lipinski definition) is 3. The lowest BCUT2D eigenvalue weighted by Gasteiger charge is -2.20. The van der Waals surface area contributed by atoms with Crippen molar-refractivity contribution in [2.45, 2.75) is 6.54 Å². The Morgan fingerprint density at radius 1 is 1.25 bits per heavy atom. The molecule has 0 saturated heterocycles. The monoisotopic (exact) mass is 340 g/mol. The van der Waals surface area contributed by atoms with Gasteiger partial charge in [-0.15, -0.1) is 0 Å². The summed E-state index contributed by atoms with van der Waals surface area (Å²) in [5.74, 6) is 0. The molecule has 6 heteroatoms. The van der Waals surface area contributed by atoms with Crippen LogP contribution in [0.5, 0.6) is 0 Å². The third-order valence-corrected chi connectivity index (χ3v) is 3.91. The summed E-state index contributed by atoms with van der Waals surface area (Å²) in [6.45, 7) is 0.787. The number of urea groups is 1. The van der Waals surface area contributed by atoms with E-state index in [1.165, 1.54) is 4.90 Å². The van der Waals surface area contributed by atoms with Gasteiger partial charge in [-0.05, 0) is 29.3 Å². The van der Waals surface area contributed by atoms with Crippen LogP contribution in [-0.2, 0) is 6.54 Å². The molecule has 3 rings (SSSR count). The molecular formula is C18H17ClN4O. The Morgan fingerprint density at radius 3 is 2.71 bits per heavy atom. The number of rotatable bonds is 3. The Balaban J connectivity index is 1.89. The third-order valence-electron chi connectivity index (χ3n) is 3.68. The fourth-order valence-corrected chi connectivity index (χ4v) is 2.57. The van der Waals surface area contributed by atoms with Gasteiger partial charge in [0.15, 0.2) is 0 Å². The Morgan fingerprint density at radius 2 is 2.04 bits per heavy atom. The van der Waals surface area contributed by atoms with E-state index in [1.54, 1.807) is 30.6 Å². The van der Waals surface area contributed by atoms with Crippen LogP contribution in [0, 0.1) is 0 Å². The van der Waals surface area contributed by atoms with E-state index in [-0.39, 0.29) is 6.03 Å². The molecule has 0 unspecified atom stereocenters. The average molecular weight is 341 g/mol. The number of nitrogens with zero attached hydrogens (tertiary/aromatic N) is 2. The highest BCUT2D eigenvalue weighted by molar-refractivity contribution is 6.31. The summed E-state index contributed by atoms with van der Waals surface area (Å²) >= 11 is 6.10. The maximum Gasteiger partial charge on any atom is 0.327 e. The van der Waals surface area contributed by atoms with Crippen molar-refractivity contribution in [2.75, 3.05) is 12.0 Å². The van der Waals surface area contributed by atoms with Crippen molar-refractivity contribution in [1.82, 2.24) is 4.90 Å². The van der Waals surface area contributed by atoms with Gasteiger partial charge in [0.2, 0.25) is 0 Å². The Hall–Kier alpha value is -2.63. The predicted molar refractivity (Wildman–Crippen MR) is 98.1 cm³/mol. The number of aliphatic imine (C=N–C) groups is 1. The van der Waals surface area contributed by atoms with Gasteiger partial charge in [-0.1, -0.05) is 41.9 Å². The molecule has 2 aromatic carbocycles. The molecule has 5 nitrogen and oxygen atoms in total. The van der Waals surface area contributed by atoms with Crippen LogP contribution in [0.1, 0.15) is 5.56 Å². The minimum Gasteiger partial charge on any atom is -0.326 e. The van der Waals surface area contributed by atoms with Gasteiger partial charge < -0.3 is 11.1 Å². The second kappa shape index (κ2) is 7.29. The first-order chi connectivity index (χ1) is 11.7. The molecule has 0 fully saturated rings. The van der Waals surface area contributed by atoms with Crippen LogP contribution in [0.3, 0.4) is 0 Å². The zero-order chi connectivity index (χ0) is 16.9. The first-order valence-electron chi connectivity index (χ1n) is 7.50. The minimum atomic E-state index is -0.259. The van der Waals surface area contributed by atoms with E-state index in [0.29, 0.717) is 23.9 Å². The van der Waals surface area contributed by atoms with Crippen LogP contribution in [-0.4, -0.2) is 23.8 Å². The molecule has 0 saturated carbocycles. The maximum atomic E-state index is 12.4. The van der Waals surface area contributed by atoms with E-state index in [9.17, 15) is 4.79 Å². The average Bonchev–Trinajstić information content (AvgIpc) is 2.63. The SMILES string of the molecule is NCc1ccc(-c2ccc(Cl)cc2NC(=O)N2C=CC=NC2)cc1. The van der Waals surface area contributed by atoms with Crippen molar-refractivity contribution < 1.29 is 4.79 Å². The van der Waals surface area contributed by atoms with E-state index >= 15 is 0 Å². The molecule has 0 bridgehead atoms. The summed E-state index contributed by atoms with van der Waals surface area (Å²) in [4.78, 5) is 17.9. The molecule has 1 aliphatic heterocycles. The number of anilines is 1. The van der Waals surface area contributed by atoms with E-state index in [2.05, 4.69) is 10.3 Å². The molecule has 1 aliphatic rings. The smallest absolute Gasteiger partial charge is 0.326 e. The summed E-state index contributed by atoms with van der Waals surface area (Å²) in [7, 11) is 0. The number of carbonyl (C=O) groups is 1. The Labute approximate surface area is 145 Å². The third kappa shape index (κ3) is 3.64. The normalized spacial score (nSPS) is 13.2. The molecule has 24 heavy (non-hydrogen) atoms. The van der Waals surface area contributed by atoms with Gasteiger partial charge in [0.05, 0.1) is 5.69 Å². The summed E-state index contributed by atoms with van der Waals surface area (Å²) < 4.78 is 0. The molecule has 0 spiro atoms. The predicted octanol–water partition coefficient (Wildman–Crippen LogP) is 3.86. The van der Waals surface area contributed by atoms with Gasteiger partial charge in [0.25, 0.3) is 0 Å². The number of amides is 2. The highest BCUT2D eigenvalue weighted by atomic mass is 35.5. The molecule has 2 aromatic rings. The largest absolute Gasteiger partial charge is 0.327 e. The van der Waals surface area contributed by atoms with Gasteiger partial charge >= 0.3 is 6.03 Å². The molecule has 0 aliphatic carbocycles. The molecule has 2 amide bonds. The van der Waals surface area contributed by atoms with E-state index < -0.39 is 0 Å². The fourth-order valence-electron chi connectivity index (χ4n) is 2.40. The fraction of sp³-hybridized carbons (Fsp3) is 0.111. The van der Waals surface area contributed by atoms with E-state index in [4.69, 9.17) is 17.3 Å². The standard InChI is InChI=1S/C18H17ClN4O/c19-15-6-7-16(14-4-2-13(11-20)3-5-14)17(10-15)22-18(24)23-9-1-8-21-12-23/h1-10H,11-12,20H2,(H,22,24). The quantitative estimate of drug-likeness (QED) is 0.890. The second-order valence-corrected chi connectivity index (χ2v) is 5.74. The highest BCUT2D eigenvalue weighted by Crippen LogP contribution is 2.31. The first kappa shape index (κ1) is 16.2. The molecule has 0 atom stereocenters. The van der Waals surface area contributed by atoms with Crippen LogP contribution in [0.2, 0.25) is 5.02 Å². The van der Waals surface area contributed by atoms with Crippen LogP contribution < -0.4 is 11.1 Å². The Kier molecular flexibility index (Phi) is 4.93.